The molecule has 1 atom stereocenters. The van der Waals surface area contributed by atoms with Crippen molar-refractivity contribution in [2.75, 3.05) is 27.1 Å². The van der Waals surface area contributed by atoms with E-state index >= 15 is 0 Å². The molecule has 3 rings (SSSR count). The summed E-state index contributed by atoms with van der Waals surface area (Å²) in [6.07, 6.45) is 1.43. The Bertz CT molecular complexity index is 880. The first kappa shape index (κ1) is 17.1. The summed E-state index contributed by atoms with van der Waals surface area (Å²) in [5.74, 6) is 1.66. The van der Waals surface area contributed by atoms with Gasteiger partial charge < -0.3 is 25.7 Å². The zero-order valence-electron chi connectivity index (χ0n) is 14.6. The number of hydrogen-bond donors (Lipinski definition) is 2. The van der Waals surface area contributed by atoms with Crippen LogP contribution in [0.25, 0.3) is 11.1 Å². The topological polar surface area (TPSA) is 96.8 Å². The zero-order chi connectivity index (χ0) is 18.1. The predicted octanol–water partition coefficient (Wildman–Crippen LogP) is 2.27. The highest BCUT2D eigenvalue weighted by Crippen LogP contribution is 2.49. The second-order valence-corrected chi connectivity index (χ2v) is 5.99. The van der Waals surface area contributed by atoms with Gasteiger partial charge in [-0.05, 0) is 47.7 Å². The van der Waals surface area contributed by atoms with Gasteiger partial charge in [0.15, 0.2) is 11.5 Å². The molecule has 0 saturated carbocycles. The third-order valence-corrected chi connectivity index (χ3v) is 4.62. The number of anilines is 1. The van der Waals surface area contributed by atoms with Crippen LogP contribution in [0, 0.1) is 0 Å². The Hall–Kier alpha value is -2.73. The number of ether oxygens (including phenoxy) is 3. The van der Waals surface area contributed by atoms with Gasteiger partial charge in [-0.1, -0.05) is 6.07 Å². The van der Waals surface area contributed by atoms with Crippen molar-refractivity contribution in [3.8, 4) is 28.4 Å². The van der Waals surface area contributed by atoms with E-state index in [-0.39, 0.29) is 17.2 Å². The fourth-order valence-corrected chi connectivity index (χ4v) is 3.35. The molecule has 25 heavy (non-hydrogen) atoms. The van der Waals surface area contributed by atoms with Crippen LogP contribution in [0.15, 0.2) is 29.1 Å². The van der Waals surface area contributed by atoms with Crippen molar-refractivity contribution >= 4 is 5.69 Å². The van der Waals surface area contributed by atoms with E-state index < -0.39 is 0 Å². The third-order valence-electron chi connectivity index (χ3n) is 4.62. The second-order valence-electron chi connectivity index (χ2n) is 5.99. The van der Waals surface area contributed by atoms with Crippen molar-refractivity contribution < 1.29 is 14.2 Å². The molecule has 2 aromatic rings. The fourth-order valence-electron chi connectivity index (χ4n) is 3.35. The smallest absolute Gasteiger partial charge is 0.203 e. The molecule has 0 radical (unpaired) electrons. The Labute approximate surface area is 146 Å². The SMILES string of the molecule is COc1cc2c(c(OC)c1OC)-c1ccc(N)c(=O)cc1[C@@H](N)CC2. The highest BCUT2D eigenvalue weighted by molar-refractivity contribution is 5.82. The lowest BCUT2D eigenvalue weighted by Gasteiger charge is -2.19. The number of fused-ring (bicyclic) bond motifs is 3. The maximum Gasteiger partial charge on any atom is 0.203 e. The molecule has 2 aromatic carbocycles. The zero-order valence-corrected chi connectivity index (χ0v) is 14.6. The molecule has 132 valence electrons. The third kappa shape index (κ3) is 2.78. The van der Waals surface area contributed by atoms with E-state index in [0.717, 1.165) is 28.7 Å². The molecular weight excluding hydrogens is 320 g/mol. The van der Waals surface area contributed by atoms with Gasteiger partial charge in [-0.15, -0.1) is 0 Å². The molecule has 0 fully saturated rings. The second kappa shape index (κ2) is 6.64. The molecule has 4 N–H and O–H groups in total. The highest BCUT2D eigenvalue weighted by Gasteiger charge is 2.27. The van der Waals surface area contributed by atoms with E-state index in [1.807, 2.05) is 12.1 Å². The summed E-state index contributed by atoms with van der Waals surface area (Å²) >= 11 is 0. The first-order valence-electron chi connectivity index (χ1n) is 8.03. The molecule has 0 bridgehead atoms. The van der Waals surface area contributed by atoms with E-state index in [4.69, 9.17) is 25.7 Å². The quantitative estimate of drug-likeness (QED) is 0.888. The lowest BCUT2D eigenvalue weighted by atomic mass is 9.95. The Morgan fingerprint density at radius 1 is 1.04 bits per heavy atom. The molecule has 1 aliphatic carbocycles. The van der Waals surface area contributed by atoms with Gasteiger partial charge >= 0.3 is 0 Å². The molecule has 0 heterocycles. The van der Waals surface area contributed by atoms with Crippen LogP contribution >= 0.6 is 0 Å². The number of rotatable bonds is 3. The minimum Gasteiger partial charge on any atom is -0.493 e. The van der Waals surface area contributed by atoms with Crippen LogP contribution in [0.2, 0.25) is 0 Å². The number of benzene rings is 1. The number of hydrogen-bond acceptors (Lipinski definition) is 6. The summed E-state index contributed by atoms with van der Waals surface area (Å²) < 4.78 is 16.6. The summed E-state index contributed by atoms with van der Waals surface area (Å²) in [6.45, 7) is 0. The van der Waals surface area contributed by atoms with Gasteiger partial charge in [-0.2, -0.15) is 0 Å². The van der Waals surface area contributed by atoms with Crippen molar-refractivity contribution in [3.63, 3.8) is 0 Å². The number of aryl methyl sites for hydroxylation is 1. The molecule has 0 amide bonds. The highest BCUT2D eigenvalue weighted by atomic mass is 16.5. The molecule has 6 heteroatoms. The van der Waals surface area contributed by atoms with E-state index in [9.17, 15) is 4.79 Å². The van der Waals surface area contributed by atoms with Crippen molar-refractivity contribution in [1.29, 1.82) is 0 Å². The standard InChI is InChI=1S/C19H22N2O4/c1-23-16-8-10-4-6-13(20)12-9-15(22)14(21)7-5-11(12)17(10)19(25-3)18(16)24-2/h5,7-9,13H,4,6,20H2,1-3H3,(H2,21,22)/t13-/m0/s1. The van der Waals surface area contributed by atoms with Crippen LogP contribution in [0.1, 0.15) is 23.6 Å². The minimum atomic E-state index is -0.274. The van der Waals surface area contributed by atoms with Gasteiger partial charge in [-0.25, -0.2) is 0 Å². The molecule has 6 nitrogen and oxygen atoms in total. The minimum absolute atomic E-state index is 0.182. The first-order valence-corrected chi connectivity index (χ1v) is 8.03. The van der Waals surface area contributed by atoms with Gasteiger partial charge in [0.1, 0.15) is 0 Å². The van der Waals surface area contributed by atoms with Crippen molar-refractivity contribution in [2.24, 2.45) is 5.73 Å². The molecule has 1 aliphatic rings. The molecular formula is C19H22N2O4. The Kier molecular flexibility index (Phi) is 4.55. The number of methoxy groups -OCH3 is 3. The van der Waals surface area contributed by atoms with E-state index in [0.29, 0.717) is 23.7 Å². The molecule has 0 aliphatic heterocycles. The van der Waals surface area contributed by atoms with Crippen molar-refractivity contribution in [1.82, 2.24) is 0 Å². The average molecular weight is 342 g/mol. The largest absolute Gasteiger partial charge is 0.493 e. The van der Waals surface area contributed by atoms with Crippen LogP contribution in [-0.2, 0) is 6.42 Å². The van der Waals surface area contributed by atoms with Gasteiger partial charge in [0, 0.05) is 11.6 Å². The Balaban J connectivity index is 2.45. The van der Waals surface area contributed by atoms with Gasteiger partial charge in [0.2, 0.25) is 11.2 Å². The van der Waals surface area contributed by atoms with E-state index in [2.05, 4.69) is 0 Å². The molecule has 0 saturated heterocycles. The van der Waals surface area contributed by atoms with Crippen molar-refractivity contribution in [2.45, 2.75) is 18.9 Å². The first-order chi connectivity index (χ1) is 12.0. The normalized spacial score (nSPS) is 15.6. The average Bonchev–Trinajstić information content (AvgIpc) is 2.84. The summed E-state index contributed by atoms with van der Waals surface area (Å²) in [5.41, 5.74) is 15.6. The maximum absolute atomic E-state index is 12.2. The summed E-state index contributed by atoms with van der Waals surface area (Å²) in [5, 5.41) is 0. The summed E-state index contributed by atoms with van der Waals surface area (Å²) in [6, 6.07) is 6.63. The van der Waals surface area contributed by atoms with Crippen LogP contribution < -0.4 is 31.1 Å². The van der Waals surface area contributed by atoms with Gasteiger partial charge in [-0.3, -0.25) is 4.79 Å². The molecule has 0 aromatic heterocycles. The van der Waals surface area contributed by atoms with E-state index in [1.165, 1.54) is 6.07 Å². The van der Waals surface area contributed by atoms with Gasteiger partial charge in [0.25, 0.3) is 0 Å². The monoisotopic (exact) mass is 342 g/mol. The fraction of sp³-hybridized carbons (Fsp3) is 0.316. The van der Waals surface area contributed by atoms with Crippen LogP contribution in [0.4, 0.5) is 5.69 Å². The number of nitrogens with two attached hydrogens (primary N) is 2. The van der Waals surface area contributed by atoms with Crippen LogP contribution in [0.3, 0.4) is 0 Å². The van der Waals surface area contributed by atoms with Crippen LogP contribution in [0.5, 0.6) is 17.2 Å². The van der Waals surface area contributed by atoms with Gasteiger partial charge in [0.05, 0.1) is 27.0 Å². The maximum atomic E-state index is 12.2. The van der Waals surface area contributed by atoms with E-state index in [1.54, 1.807) is 27.4 Å². The lowest BCUT2D eigenvalue weighted by molar-refractivity contribution is 0.324. The van der Waals surface area contributed by atoms with Crippen molar-refractivity contribution in [3.05, 3.63) is 45.6 Å². The predicted molar refractivity (Wildman–Crippen MR) is 97.5 cm³/mol. The number of nitrogen functional groups attached to an aromatic ring is 1. The van der Waals surface area contributed by atoms with Crippen LogP contribution in [-0.4, -0.2) is 21.3 Å². The Morgan fingerprint density at radius 3 is 2.40 bits per heavy atom. The Morgan fingerprint density at radius 2 is 1.76 bits per heavy atom. The lowest BCUT2D eigenvalue weighted by Crippen LogP contribution is -2.12. The molecule has 0 unspecified atom stereocenters. The summed E-state index contributed by atoms with van der Waals surface area (Å²) in [4.78, 5) is 12.2. The summed E-state index contributed by atoms with van der Waals surface area (Å²) in [7, 11) is 4.73. The molecule has 0 spiro atoms.